The molecular weight excluding hydrogens is 336 g/mol. The Bertz CT molecular complexity index is 730. The number of likely N-dealkylation sites (tertiary alicyclic amines) is 1. The molecule has 25 heavy (non-hydrogen) atoms. The van der Waals surface area contributed by atoms with Gasteiger partial charge in [0.2, 0.25) is 5.91 Å². The predicted octanol–water partition coefficient (Wildman–Crippen LogP) is 2.94. The molecule has 2 saturated heterocycles. The molecule has 3 heterocycles. The predicted molar refractivity (Wildman–Crippen MR) is 102 cm³/mol. The van der Waals surface area contributed by atoms with Crippen LogP contribution in [0.1, 0.15) is 44.5 Å². The summed E-state index contributed by atoms with van der Waals surface area (Å²) in [6, 6.07) is 8.91. The highest BCUT2D eigenvalue weighted by Gasteiger charge is 2.31. The van der Waals surface area contributed by atoms with Gasteiger partial charge in [0, 0.05) is 25.6 Å². The number of aromatic nitrogens is 2. The summed E-state index contributed by atoms with van der Waals surface area (Å²) in [7, 11) is 0. The molecule has 1 unspecified atom stereocenters. The second kappa shape index (κ2) is 7.75. The smallest absolute Gasteiger partial charge is 0.239 e. The lowest BCUT2D eigenvalue weighted by molar-refractivity contribution is -0.134. The average molecular weight is 363 g/mol. The fraction of sp³-hybridized carbons (Fsp3) is 0.579. The van der Waals surface area contributed by atoms with Crippen molar-refractivity contribution in [2.45, 2.75) is 51.1 Å². The van der Waals surface area contributed by atoms with E-state index in [2.05, 4.69) is 46.0 Å². The summed E-state index contributed by atoms with van der Waals surface area (Å²) in [5, 5.41) is 3.33. The molecule has 4 rings (SSSR count). The average Bonchev–Trinajstić information content (AvgIpc) is 3.28. The lowest BCUT2D eigenvalue weighted by Gasteiger charge is -2.35. The first-order chi connectivity index (χ1) is 11.8. The number of amides is 1. The molecule has 136 valence electrons. The molecule has 1 N–H and O–H groups in total. The van der Waals surface area contributed by atoms with E-state index in [0.29, 0.717) is 11.9 Å². The number of benzene rings is 1. The van der Waals surface area contributed by atoms with Crippen molar-refractivity contribution >= 4 is 29.3 Å². The summed E-state index contributed by atoms with van der Waals surface area (Å²) in [5.74, 6) is 1.47. The fourth-order valence-electron chi connectivity index (χ4n) is 4.21. The molecular formula is C19H27ClN4O. The van der Waals surface area contributed by atoms with Crippen molar-refractivity contribution in [3.63, 3.8) is 0 Å². The summed E-state index contributed by atoms with van der Waals surface area (Å²) in [6.45, 7) is 4.87. The summed E-state index contributed by atoms with van der Waals surface area (Å²) in [6.07, 6.45) is 5.09. The number of carbonyl (C=O) groups excluding carboxylic acids is 1. The van der Waals surface area contributed by atoms with Gasteiger partial charge in [-0.05, 0) is 44.4 Å². The van der Waals surface area contributed by atoms with Crippen molar-refractivity contribution in [3.8, 4) is 0 Å². The van der Waals surface area contributed by atoms with E-state index < -0.39 is 0 Å². The second-order valence-electron chi connectivity index (χ2n) is 6.95. The third-order valence-electron chi connectivity index (χ3n) is 5.48. The molecule has 1 atom stereocenters. The Morgan fingerprint density at radius 2 is 2.00 bits per heavy atom. The fourth-order valence-corrected chi connectivity index (χ4v) is 4.21. The molecule has 2 aromatic rings. The van der Waals surface area contributed by atoms with Crippen molar-refractivity contribution in [2.24, 2.45) is 0 Å². The third kappa shape index (κ3) is 3.40. The Kier molecular flexibility index (Phi) is 5.64. The lowest BCUT2D eigenvalue weighted by Crippen LogP contribution is -2.47. The Hall–Kier alpha value is -1.59. The van der Waals surface area contributed by atoms with Gasteiger partial charge in [-0.25, -0.2) is 4.98 Å². The highest BCUT2D eigenvalue weighted by molar-refractivity contribution is 5.85. The summed E-state index contributed by atoms with van der Waals surface area (Å²) in [4.78, 5) is 19.4. The molecule has 1 amide bonds. The van der Waals surface area contributed by atoms with Gasteiger partial charge in [-0.2, -0.15) is 0 Å². The quantitative estimate of drug-likeness (QED) is 0.913. The first kappa shape index (κ1) is 18.2. The number of rotatable bonds is 3. The van der Waals surface area contributed by atoms with Crippen molar-refractivity contribution in [3.05, 3.63) is 30.1 Å². The first-order valence-electron chi connectivity index (χ1n) is 9.26. The topological polar surface area (TPSA) is 50.2 Å². The molecule has 2 aliphatic rings. The number of halogens is 1. The largest absolute Gasteiger partial charge is 0.341 e. The van der Waals surface area contributed by atoms with Crippen LogP contribution in [0.2, 0.25) is 0 Å². The van der Waals surface area contributed by atoms with Crippen LogP contribution in [0, 0.1) is 0 Å². The molecule has 2 fully saturated rings. The van der Waals surface area contributed by atoms with Crippen LogP contribution in [0.25, 0.3) is 11.0 Å². The van der Waals surface area contributed by atoms with E-state index in [-0.39, 0.29) is 18.4 Å². The first-order valence-corrected chi connectivity index (χ1v) is 9.26. The van der Waals surface area contributed by atoms with E-state index >= 15 is 0 Å². The number of nitrogens with zero attached hydrogens (tertiary/aromatic N) is 3. The SMILES string of the molecule is CCc1nc2ccccc2n1C1CCN(C(=O)C2CCCN2)CC1.Cl. The van der Waals surface area contributed by atoms with E-state index in [1.807, 2.05) is 0 Å². The van der Waals surface area contributed by atoms with Crippen LogP contribution < -0.4 is 5.32 Å². The highest BCUT2D eigenvalue weighted by Crippen LogP contribution is 2.29. The van der Waals surface area contributed by atoms with Crippen LogP contribution >= 0.6 is 12.4 Å². The van der Waals surface area contributed by atoms with Crippen LogP contribution in [-0.4, -0.2) is 46.0 Å². The van der Waals surface area contributed by atoms with E-state index in [0.717, 1.165) is 57.3 Å². The normalized spacial score (nSPS) is 21.5. The third-order valence-corrected chi connectivity index (χ3v) is 5.48. The van der Waals surface area contributed by atoms with Crippen LogP contribution in [0.15, 0.2) is 24.3 Å². The van der Waals surface area contributed by atoms with Crippen LogP contribution in [0.5, 0.6) is 0 Å². The zero-order chi connectivity index (χ0) is 16.5. The standard InChI is InChI=1S/C19H26N4O.ClH/c1-2-18-21-15-6-3-4-8-17(15)23(18)14-9-12-22(13-10-14)19(24)16-7-5-11-20-16;/h3-4,6,8,14,16,20H,2,5,7,9-13H2,1H3;1H. The summed E-state index contributed by atoms with van der Waals surface area (Å²) in [5.41, 5.74) is 2.32. The van der Waals surface area contributed by atoms with Crippen molar-refractivity contribution in [1.29, 1.82) is 0 Å². The highest BCUT2D eigenvalue weighted by atomic mass is 35.5. The number of carbonyl (C=O) groups is 1. The summed E-state index contributed by atoms with van der Waals surface area (Å²) < 4.78 is 2.42. The van der Waals surface area contributed by atoms with Gasteiger partial charge < -0.3 is 14.8 Å². The maximum Gasteiger partial charge on any atom is 0.239 e. The number of hydrogen-bond donors (Lipinski definition) is 1. The maximum atomic E-state index is 12.6. The van der Waals surface area contributed by atoms with Crippen molar-refractivity contribution in [1.82, 2.24) is 19.8 Å². The number of piperidine rings is 1. The Balaban J connectivity index is 0.00000182. The zero-order valence-electron chi connectivity index (χ0n) is 14.8. The maximum absolute atomic E-state index is 12.6. The molecule has 0 saturated carbocycles. The molecule has 1 aromatic heterocycles. The van der Waals surface area contributed by atoms with Crippen LogP contribution in [0.3, 0.4) is 0 Å². The van der Waals surface area contributed by atoms with E-state index in [1.165, 1.54) is 11.3 Å². The van der Waals surface area contributed by atoms with Crippen molar-refractivity contribution in [2.75, 3.05) is 19.6 Å². The minimum atomic E-state index is 0. The minimum Gasteiger partial charge on any atom is -0.341 e. The van der Waals surface area contributed by atoms with Crippen molar-refractivity contribution < 1.29 is 4.79 Å². The molecule has 1 aromatic carbocycles. The number of fused-ring (bicyclic) bond motifs is 1. The van der Waals surface area contributed by atoms with E-state index in [4.69, 9.17) is 4.98 Å². The second-order valence-corrected chi connectivity index (χ2v) is 6.95. The van der Waals surface area contributed by atoms with Gasteiger partial charge in [0.1, 0.15) is 5.82 Å². The molecule has 0 spiro atoms. The Labute approximate surface area is 155 Å². The van der Waals surface area contributed by atoms with Gasteiger partial charge in [0.15, 0.2) is 0 Å². The lowest BCUT2D eigenvalue weighted by atomic mass is 10.0. The number of nitrogens with one attached hydrogen (secondary N) is 1. The Morgan fingerprint density at radius 1 is 1.24 bits per heavy atom. The molecule has 5 nitrogen and oxygen atoms in total. The number of imidazole rings is 1. The van der Waals surface area contributed by atoms with Gasteiger partial charge in [-0.15, -0.1) is 12.4 Å². The number of hydrogen-bond acceptors (Lipinski definition) is 3. The monoisotopic (exact) mass is 362 g/mol. The summed E-state index contributed by atoms with van der Waals surface area (Å²) >= 11 is 0. The number of aryl methyl sites for hydroxylation is 1. The van der Waals surface area contributed by atoms with Gasteiger partial charge >= 0.3 is 0 Å². The molecule has 0 radical (unpaired) electrons. The Morgan fingerprint density at radius 3 is 2.68 bits per heavy atom. The van der Waals surface area contributed by atoms with Gasteiger partial charge in [0.05, 0.1) is 17.1 Å². The van der Waals surface area contributed by atoms with Gasteiger partial charge in [0.25, 0.3) is 0 Å². The molecule has 6 heteroatoms. The van der Waals surface area contributed by atoms with E-state index in [1.54, 1.807) is 0 Å². The van der Waals surface area contributed by atoms with Gasteiger partial charge in [-0.1, -0.05) is 19.1 Å². The number of para-hydroxylation sites is 2. The molecule has 0 bridgehead atoms. The van der Waals surface area contributed by atoms with E-state index in [9.17, 15) is 4.79 Å². The minimum absolute atomic E-state index is 0. The van der Waals surface area contributed by atoms with Crippen LogP contribution in [0.4, 0.5) is 0 Å². The molecule has 2 aliphatic heterocycles. The molecule has 0 aliphatic carbocycles. The zero-order valence-corrected chi connectivity index (χ0v) is 15.6. The van der Waals surface area contributed by atoms with Gasteiger partial charge in [-0.3, -0.25) is 4.79 Å². The van der Waals surface area contributed by atoms with Crippen LogP contribution in [-0.2, 0) is 11.2 Å².